The molecule has 3 heterocycles. The predicted octanol–water partition coefficient (Wildman–Crippen LogP) is 0.790. The first-order valence-corrected chi connectivity index (χ1v) is 8.63. The van der Waals surface area contributed by atoms with E-state index in [0.717, 1.165) is 25.7 Å². The number of fused-ring (bicyclic) bond motifs is 2. The van der Waals surface area contributed by atoms with Crippen molar-refractivity contribution in [2.24, 2.45) is 0 Å². The van der Waals surface area contributed by atoms with Crippen molar-refractivity contribution in [2.75, 3.05) is 12.4 Å². The molecule has 3 unspecified atom stereocenters. The third-order valence-corrected chi connectivity index (χ3v) is 5.75. The normalized spacial score (nSPS) is 38.1. The van der Waals surface area contributed by atoms with Crippen LogP contribution in [0.3, 0.4) is 0 Å². The van der Waals surface area contributed by atoms with Gasteiger partial charge in [-0.3, -0.25) is 0 Å². The zero-order valence-electron chi connectivity index (χ0n) is 11.0. The fourth-order valence-corrected chi connectivity index (χ4v) is 5.02. The molecule has 3 saturated heterocycles. The molecule has 112 valence electrons. The Bertz CT molecular complexity index is 386. The molecule has 3 aliphatic rings. The van der Waals surface area contributed by atoms with Gasteiger partial charge < -0.3 is 10.1 Å². The Labute approximate surface area is 121 Å². The molecule has 5 nitrogen and oxygen atoms in total. The van der Waals surface area contributed by atoms with E-state index in [4.69, 9.17) is 4.74 Å². The molecule has 3 rings (SSSR count). The molecule has 2 bridgehead atoms. The fourth-order valence-electron chi connectivity index (χ4n) is 3.48. The lowest BCUT2D eigenvalue weighted by molar-refractivity contribution is 0.127. The number of halogens is 1. The molecule has 0 radical (unpaired) electrons. The van der Waals surface area contributed by atoms with E-state index in [1.165, 1.54) is 12.8 Å². The van der Waals surface area contributed by atoms with E-state index >= 15 is 0 Å². The summed E-state index contributed by atoms with van der Waals surface area (Å²) < 4.78 is 32.4. The number of sulfonamides is 1. The van der Waals surface area contributed by atoms with Crippen LogP contribution in [0.2, 0.25) is 0 Å². The molecule has 3 aliphatic heterocycles. The Morgan fingerprint density at radius 2 is 1.84 bits per heavy atom. The van der Waals surface area contributed by atoms with Gasteiger partial charge in [0.1, 0.15) is 0 Å². The zero-order valence-corrected chi connectivity index (χ0v) is 12.6. The number of piperidine rings is 1. The molecule has 0 aromatic rings. The van der Waals surface area contributed by atoms with Crippen LogP contribution in [-0.2, 0) is 14.8 Å². The predicted molar refractivity (Wildman–Crippen MR) is 76.1 cm³/mol. The second-order valence-electron chi connectivity index (χ2n) is 5.84. The second kappa shape index (κ2) is 6.26. The zero-order chi connectivity index (χ0) is 12.6. The highest BCUT2D eigenvalue weighted by atomic mass is 35.5. The van der Waals surface area contributed by atoms with E-state index in [1.54, 1.807) is 0 Å². The minimum Gasteiger partial charge on any atom is -0.377 e. The van der Waals surface area contributed by atoms with E-state index in [9.17, 15) is 8.42 Å². The van der Waals surface area contributed by atoms with Crippen molar-refractivity contribution >= 4 is 22.4 Å². The monoisotopic (exact) mass is 310 g/mol. The fraction of sp³-hybridized carbons (Fsp3) is 1.00. The molecule has 3 atom stereocenters. The molecule has 3 fully saturated rings. The molecular weight excluding hydrogens is 288 g/mol. The average molecular weight is 311 g/mol. The van der Waals surface area contributed by atoms with Gasteiger partial charge in [-0.1, -0.05) is 0 Å². The summed E-state index contributed by atoms with van der Waals surface area (Å²) in [7, 11) is -3.19. The van der Waals surface area contributed by atoms with Crippen molar-refractivity contribution in [3.05, 3.63) is 0 Å². The van der Waals surface area contributed by atoms with Gasteiger partial charge in [-0.15, -0.1) is 12.4 Å². The van der Waals surface area contributed by atoms with Gasteiger partial charge in [-0.25, -0.2) is 13.1 Å². The van der Waals surface area contributed by atoms with Crippen molar-refractivity contribution in [2.45, 2.75) is 62.8 Å². The van der Waals surface area contributed by atoms with Crippen LogP contribution >= 0.6 is 12.4 Å². The summed E-state index contributed by atoms with van der Waals surface area (Å²) in [6.07, 6.45) is 6.00. The maximum atomic E-state index is 12.1. The molecule has 0 aliphatic carbocycles. The van der Waals surface area contributed by atoms with Crippen LogP contribution in [0.4, 0.5) is 0 Å². The average Bonchev–Trinajstić information content (AvgIpc) is 2.87. The number of nitrogens with one attached hydrogen (secondary N) is 2. The Morgan fingerprint density at radius 1 is 1.16 bits per heavy atom. The van der Waals surface area contributed by atoms with Gasteiger partial charge in [-0.05, 0) is 38.5 Å². The SMILES string of the molecule is Cl.O=S(=O)(CC1CCCO1)NC1CC2CCC(C1)N2. The van der Waals surface area contributed by atoms with E-state index in [0.29, 0.717) is 18.7 Å². The topological polar surface area (TPSA) is 67.4 Å². The van der Waals surface area contributed by atoms with E-state index in [1.807, 2.05) is 0 Å². The van der Waals surface area contributed by atoms with Gasteiger partial charge in [0.15, 0.2) is 0 Å². The lowest BCUT2D eigenvalue weighted by Gasteiger charge is -2.29. The molecule has 0 spiro atoms. The number of hydrogen-bond acceptors (Lipinski definition) is 4. The summed E-state index contributed by atoms with van der Waals surface area (Å²) in [5.74, 6) is 0.131. The van der Waals surface area contributed by atoms with E-state index in [-0.39, 0.29) is 30.3 Å². The van der Waals surface area contributed by atoms with Crippen LogP contribution in [0.1, 0.15) is 38.5 Å². The van der Waals surface area contributed by atoms with Crippen LogP contribution in [0.25, 0.3) is 0 Å². The number of ether oxygens (including phenoxy) is 1. The quantitative estimate of drug-likeness (QED) is 0.805. The Kier molecular flexibility index (Phi) is 5.11. The summed E-state index contributed by atoms with van der Waals surface area (Å²) in [4.78, 5) is 0. The van der Waals surface area contributed by atoms with Crippen molar-refractivity contribution in [1.29, 1.82) is 0 Å². The van der Waals surface area contributed by atoms with Gasteiger partial charge in [0.25, 0.3) is 0 Å². The van der Waals surface area contributed by atoms with Gasteiger partial charge in [0, 0.05) is 24.7 Å². The maximum absolute atomic E-state index is 12.1. The maximum Gasteiger partial charge on any atom is 0.214 e. The summed E-state index contributed by atoms with van der Waals surface area (Å²) in [5.41, 5.74) is 0. The summed E-state index contributed by atoms with van der Waals surface area (Å²) in [5, 5.41) is 3.52. The first-order chi connectivity index (χ1) is 8.61. The highest BCUT2D eigenvalue weighted by Gasteiger charge is 2.35. The first-order valence-electron chi connectivity index (χ1n) is 6.98. The van der Waals surface area contributed by atoms with Crippen molar-refractivity contribution in [3.8, 4) is 0 Å². The lowest BCUT2D eigenvalue weighted by atomic mass is 10.0. The molecule has 0 aromatic carbocycles. The number of hydrogen-bond donors (Lipinski definition) is 2. The van der Waals surface area contributed by atoms with Gasteiger partial charge in [0.2, 0.25) is 10.0 Å². The minimum absolute atomic E-state index is 0. The smallest absolute Gasteiger partial charge is 0.214 e. The van der Waals surface area contributed by atoms with Crippen molar-refractivity contribution < 1.29 is 13.2 Å². The van der Waals surface area contributed by atoms with E-state index in [2.05, 4.69) is 10.0 Å². The van der Waals surface area contributed by atoms with Crippen LogP contribution < -0.4 is 10.0 Å². The van der Waals surface area contributed by atoms with Crippen molar-refractivity contribution in [3.63, 3.8) is 0 Å². The minimum atomic E-state index is -3.19. The summed E-state index contributed by atoms with van der Waals surface area (Å²) in [6.45, 7) is 0.706. The van der Waals surface area contributed by atoms with Gasteiger partial charge in [-0.2, -0.15) is 0 Å². The summed E-state index contributed by atoms with van der Waals surface area (Å²) in [6, 6.07) is 1.15. The molecule has 2 N–H and O–H groups in total. The molecular formula is C12H23ClN2O3S. The third kappa shape index (κ3) is 4.04. The number of rotatable bonds is 4. The van der Waals surface area contributed by atoms with Gasteiger partial charge in [0.05, 0.1) is 11.9 Å². The molecule has 7 heteroatoms. The van der Waals surface area contributed by atoms with Gasteiger partial charge >= 0.3 is 0 Å². The van der Waals surface area contributed by atoms with Crippen LogP contribution in [-0.4, -0.2) is 45.0 Å². The third-order valence-electron chi connectivity index (χ3n) is 4.25. The van der Waals surface area contributed by atoms with Crippen molar-refractivity contribution in [1.82, 2.24) is 10.0 Å². The van der Waals surface area contributed by atoms with E-state index < -0.39 is 10.0 Å². The second-order valence-corrected chi connectivity index (χ2v) is 7.64. The molecule has 0 amide bonds. The molecule has 0 aromatic heterocycles. The lowest BCUT2D eigenvalue weighted by Crippen LogP contribution is -2.49. The molecule has 0 saturated carbocycles. The Balaban J connectivity index is 0.00000133. The van der Waals surface area contributed by atoms with Crippen LogP contribution in [0.15, 0.2) is 0 Å². The highest BCUT2D eigenvalue weighted by Crippen LogP contribution is 2.27. The largest absolute Gasteiger partial charge is 0.377 e. The van der Waals surface area contributed by atoms with Crippen LogP contribution in [0.5, 0.6) is 0 Å². The highest BCUT2D eigenvalue weighted by molar-refractivity contribution is 7.89. The molecule has 19 heavy (non-hydrogen) atoms. The first kappa shape index (κ1) is 15.5. The Hall–Kier alpha value is 0.120. The standard InChI is InChI=1S/C12H22N2O3S.ClH/c15-18(16,8-12-2-1-5-17-12)14-11-6-9-3-4-10(7-11)13-9;/h9-14H,1-8H2;1H. The van der Waals surface area contributed by atoms with Crippen LogP contribution in [0, 0.1) is 0 Å². The summed E-state index contributed by atoms with van der Waals surface area (Å²) >= 11 is 0. The Morgan fingerprint density at radius 3 is 2.42 bits per heavy atom.